The standard InChI is InChI=1S/C23H21Cl3N2O4S/c1-15-3-8-19(9-4-15)33(30,31)28(18-7-10-22(32-2)21(26)12-18)14-23(29)27-13-16-5-6-17(24)11-20(16)25/h3-12H,13-14H2,1-2H3,(H,27,29). The smallest absolute Gasteiger partial charge is 0.264 e. The summed E-state index contributed by atoms with van der Waals surface area (Å²) in [5.41, 5.74) is 1.78. The number of hydrogen-bond donors (Lipinski definition) is 1. The lowest BCUT2D eigenvalue weighted by Gasteiger charge is -2.24. The molecule has 0 aliphatic carbocycles. The van der Waals surface area contributed by atoms with Crippen LogP contribution in [0.1, 0.15) is 11.1 Å². The third-order valence-electron chi connectivity index (χ3n) is 4.81. The van der Waals surface area contributed by atoms with Crippen molar-refractivity contribution in [3.05, 3.63) is 86.9 Å². The second kappa shape index (κ2) is 10.7. The summed E-state index contributed by atoms with van der Waals surface area (Å²) in [6, 6.07) is 15.8. The number of anilines is 1. The maximum atomic E-state index is 13.4. The van der Waals surface area contributed by atoms with E-state index in [0.717, 1.165) is 9.87 Å². The average Bonchev–Trinajstić information content (AvgIpc) is 2.77. The van der Waals surface area contributed by atoms with Crippen molar-refractivity contribution in [2.24, 2.45) is 0 Å². The lowest BCUT2D eigenvalue weighted by atomic mass is 10.2. The fraction of sp³-hybridized carbons (Fsp3) is 0.174. The van der Waals surface area contributed by atoms with Gasteiger partial charge in [0, 0.05) is 16.6 Å². The lowest BCUT2D eigenvalue weighted by Crippen LogP contribution is -2.40. The number of nitrogens with one attached hydrogen (secondary N) is 1. The van der Waals surface area contributed by atoms with E-state index in [1.165, 1.54) is 31.4 Å². The van der Waals surface area contributed by atoms with Crippen LogP contribution in [0.3, 0.4) is 0 Å². The van der Waals surface area contributed by atoms with Gasteiger partial charge in [-0.05, 0) is 55.0 Å². The van der Waals surface area contributed by atoms with Crippen molar-refractivity contribution in [3.8, 4) is 5.75 Å². The SMILES string of the molecule is COc1ccc(N(CC(=O)NCc2ccc(Cl)cc2Cl)S(=O)(=O)c2ccc(C)cc2)cc1Cl. The van der Waals surface area contributed by atoms with E-state index in [-0.39, 0.29) is 22.2 Å². The topological polar surface area (TPSA) is 75.7 Å². The van der Waals surface area contributed by atoms with E-state index >= 15 is 0 Å². The van der Waals surface area contributed by atoms with Gasteiger partial charge in [0.2, 0.25) is 5.91 Å². The molecule has 0 aliphatic rings. The Balaban J connectivity index is 1.90. The van der Waals surface area contributed by atoms with Crippen LogP contribution >= 0.6 is 34.8 Å². The number of nitrogens with zero attached hydrogens (tertiary/aromatic N) is 1. The first-order valence-electron chi connectivity index (χ1n) is 9.75. The van der Waals surface area contributed by atoms with Gasteiger partial charge in [0.15, 0.2) is 0 Å². The number of methoxy groups -OCH3 is 1. The van der Waals surface area contributed by atoms with Crippen molar-refractivity contribution in [2.75, 3.05) is 18.0 Å². The largest absolute Gasteiger partial charge is 0.495 e. The highest BCUT2D eigenvalue weighted by molar-refractivity contribution is 7.92. The number of sulfonamides is 1. The van der Waals surface area contributed by atoms with Gasteiger partial charge in [-0.15, -0.1) is 0 Å². The molecule has 0 unspecified atom stereocenters. The van der Waals surface area contributed by atoms with Crippen LogP contribution in [-0.2, 0) is 21.4 Å². The first kappa shape index (κ1) is 25.2. The van der Waals surface area contributed by atoms with Gasteiger partial charge in [0.1, 0.15) is 12.3 Å². The van der Waals surface area contributed by atoms with Crippen LogP contribution in [-0.4, -0.2) is 28.0 Å². The van der Waals surface area contributed by atoms with E-state index in [1.54, 1.807) is 36.4 Å². The number of amides is 1. The molecule has 1 amide bonds. The number of halogens is 3. The molecule has 6 nitrogen and oxygen atoms in total. The molecule has 0 spiro atoms. The second-order valence-electron chi connectivity index (χ2n) is 7.16. The molecule has 174 valence electrons. The van der Waals surface area contributed by atoms with E-state index < -0.39 is 22.5 Å². The number of aryl methyl sites for hydroxylation is 1. The van der Waals surface area contributed by atoms with E-state index in [1.807, 2.05) is 6.92 Å². The van der Waals surface area contributed by atoms with Crippen molar-refractivity contribution in [2.45, 2.75) is 18.4 Å². The average molecular weight is 528 g/mol. The van der Waals surface area contributed by atoms with Gasteiger partial charge < -0.3 is 10.1 Å². The Labute approximate surface area is 208 Å². The van der Waals surface area contributed by atoms with Crippen LogP contribution in [0.5, 0.6) is 5.75 Å². The molecule has 0 heterocycles. The molecule has 3 rings (SSSR count). The highest BCUT2D eigenvalue weighted by atomic mass is 35.5. The van der Waals surface area contributed by atoms with Gasteiger partial charge in [-0.25, -0.2) is 8.42 Å². The van der Waals surface area contributed by atoms with Crippen LogP contribution in [0, 0.1) is 6.92 Å². The number of ether oxygens (including phenoxy) is 1. The van der Waals surface area contributed by atoms with Crippen LogP contribution in [0.2, 0.25) is 15.1 Å². The summed E-state index contributed by atoms with van der Waals surface area (Å²) in [7, 11) is -2.61. The first-order valence-corrected chi connectivity index (χ1v) is 12.3. The fourth-order valence-corrected chi connectivity index (χ4v) is 5.15. The van der Waals surface area contributed by atoms with Gasteiger partial charge in [-0.1, -0.05) is 58.6 Å². The highest BCUT2D eigenvalue weighted by Crippen LogP contribution is 2.32. The molecular weight excluding hydrogens is 507 g/mol. The molecule has 0 fully saturated rings. The van der Waals surface area contributed by atoms with Crippen molar-refractivity contribution in [1.82, 2.24) is 5.32 Å². The second-order valence-corrected chi connectivity index (χ2v) is 10.3. The number of carbonyl (C=O) groups excluding carboxylic acids is 1. The third kappa shape index (κ3) is 6.12. The Kier molecular flexibility index (Phi) is 8.13. The zero-order valence-electron chi connectivity index (χ0n) is 17.8. The Morgan fingerprint density at radius 2 is 1.67 bits per heavy atom. The van der Waals surface area contributed by atoms with Gasteiger partial charge in [-0.2, -0.15) is 0 Å². The van der Waals surface area contributed by atoms with Gasteiger partial charge in [0.05, 0.1) is 22.7 Å². The fourth-order valence-electron chi connectivity index (χ4n) is 3.01. The Hall–Kier alpha value is -2.45. The number of rotatable bonds is 8. The molecule has 3 aromatic rings. The zero-order chi connectivity index (χ0) is 24.2. The van der Waals surface area contributed by atoms with E-state index in [4.69, 9.17) is 39.5 Å². The predicted molar refractivity (Wildman–Crippen MR) is 132 cm³/mol. The Bertz CT molecular complexity index is 1270. The van der Waals surface area contributed by atoms with Crippen LogP contribution in [0.25, 0.3) is 0 Å². The molecule has 0 bridgehead atoms. The summed E-state index contributed by atoms with van der Waals surface area (Å²) in [6.07, 6.45) is 0. The van der Waals surface area contributed by atoms with E-state index in [0.29, 0.717) is 21.4 Å². The number of hydrogen-bond acceptors (Lipinski definition) is 4. The first-order chi connectivity index (χ1) is 15.6. The maximum absolute atomic E-state index is 13.4. The molecule has 3 aromatic carbocycles. The molecule has 0 saturated heterocycles. The summed E-state index contributed by atoms with van der Waals surface area (Å²) in [5.74, 6) is -0.140. The molecule has 0 radical (unpaired) electrons. The van der Waals surface area contributed by atoms with Crippen LogP contribution in [0.4, 0.5) is 5.69 Å². The molecule has 1 N–H and O–H groups in total. The quantitative estimate of drug-likeness (QED) is 0.421. The van der Waals surface area contributed by atoms with Crippen molar-refractivity contribution < 1.29 is 17.9 Å². The normalized spacial score (nSPS) is 11.2. The molecule has 0 saturated carbocycles. The third-order valence-corrected chi connectivity index (χ3v) is 7.48. The molecule has 0 aromatic heterocycles. The Morgan fingerprint density at radius 3 is 2.27 bits per heavy atom. The molecule has 0 aliphatic heterocycles. The minimum atomic E-state index is -4.07. The molecule has 10 heteroatoms. The van der Waals surface area contributed by atoms with Crippen molar-refractivity contribution >= 4 is 56.4 Å². The predicted octanol–water partition coefficient (Wildman–Crippen LogP) is 5.48. The van der Waals surface area contributed by atoms with Crippen LogP contribution < -0.4 is 14.4 Å². The monoisotopic (exact) mass is 526 g/mol. The number of benzene rings is 3. The summed E-state index contributed by atoms with van der Waals surface area (Å²) in [5, 5.41) is 3.79. The van der Waals surface area contributed by atoms with Gasteiger partial charge in [-0.3, -0.25) is 9.10 Å². The minimum Gasteiger partial charge on any atom is -0.495 e. The lowest BCUT2D eigenvalue weighted by molar-refractivity contribution is -0.119. The highest BCUT2D eigenvalue weighted by Gasteiger charge is 2.28. The summed E-state index contributed by atoms with van der Waals surface area (Å²) < 4.78 is 33.0. The van der Waals surface area contributed by atoms with E-state index in [9.17, 15) is 13.2 Å². The summed E-state index contributed by atoms with van der Waals surface area (Å²) >= 11 is 18.3. The molecule has 33 heavy (non-hydrogen) atoms. The summed E-state index contributed by atoms with van der Waals surface area (Å²) in [6.45, 7) is 1.49. The van der Waals surface area contributed by atoms with Crippen molar-refractivity contribution in [1.29, 1.82) is 0 Å². The zero-order valence-corrected chi connectivity index (χ0v) is 20.9. The van der Waals surface area contributed by atoms with Gasteiger partial charge >= 0.3 is 0 Å². The van der Waals surface area contributed by atoms with Gasteiger partial charge in [0.25, 0.3) is 10.0 Å². The molecular formula is C23H21Cl3N2O4S. The summed E-state index contributed by atoms with van der Waals surface area (Å²) in [4.78, 5) is 12.8. The van der Waals surface area contributed by atoms with Crippen molar-refractivity contribution in [3.63, 3.8) is 0 Å². The van der Waals surface area contributed by atoms with E-state index in [2.05, 4.69) is 5.32 Å². The maximum Gasteiger partial charge on any atom is 0.264 e. The Morgan fingerprint density at radius 1 is 0.970 bits per heavy atom. The minimum absolute atomic E-state index is 0.0496. The molecule has 0 atom stereocenters. The van der Waals surface area contributed by atoms with Crippen LogP contribution in [0.15, 0.2) is 65.6 Å². The number of carbonyl (C=O) groups is 1.